The highest BCUT2D eigenvalue weighted by atomic mass is 16.5. The standard InChI is InChI=1S/C7H15NO/c1-5-9-7(2)6-8(3)4/h2,5-6H2,1,3-4H3. The second kappa shape index (κ2) is 4.39. The van der Waals surface area contributed by atoms with Gasteiger partial charge in [0.2, 0.25) is 0 Å². The maximum absolute atomic E-state index is 5.12. The first-order valence-corrected chi connectivity index (χ1v) is 3.12. The quantitative estimate of drug-likeness (QED) is 0.527. The Labute approximate surface area is 57.1 Å². The van der Waals surface area contributed by atoms with E-state index in [1.807, 2.05) is 25.9 Å². The molecule has 0 amide bonds. The molecule has 0 aliphatic rings. The maximum Gasteiger partial charge on any atom is 0.103 e. The molecule has 0 rings (SSSR count). The van der Waals surface area contributed by atoms with Gasteiger partial charge in [-0.25, -0.2) is 0 Å². The third-order valence-corrected chi connectivity index (χ3v) is 0.841. The second-order valence-corrected chi connectivity index (χ2v) is 2.21. The molecule has 54 valence electrons. The zero-order valence-corrected chi connectivity index (χ0v) is 6.48. The Bertz CT molecular complexity index is 88.9. The summed E-state index contributed by atoms with van der Waals surface area (Å²) in [5.74, 6) is 0.836. The molecule has 0 atom stereocenters. The van der Waals surface area contributed by atoms with Crippen LogP contribution >= 0.6 is 0 Å². The normalized spacial score (nSPS) is 9.78. The molecule has 9 heavy (non-hydrogen) atoms. The van der Waals surface area contributed by atoms with Crippen molar-refractivity contribution in [2.24, 2.45) is 0 Å². The van der Waals surface area contributed by atoms with Gasteiger partial charge in [-0.05, 0) is 21.0 Å². The van der Waals surface area contributed by atoms with Gasteiger partial charge in [0.15, 0.2) is 0 Å². The largest absolute Gasteiger partial charge is 0.497 e. The topological polar surface area (TPSA) is 12.5 Å². The number of hydrogen-bond acceptors (Lipinski definition) is 2. The third-order valence-electron chi connectivity index (χ3n) is 0.841. The molecule has 0 aromatic rings. The molecule has 0 radical (unpaired) electrons. The Morgan fingerprint density at radius 2 is 2.11 bits per heavy atom. The Morgan fingerprint density at radius 3 is 2.44 bits per heavy atom. The van der Waals surface area contributed by atoms with Crippen LogP contribution in [0.5, 0.6) is 0 Å². The summed E-state index contributed by atoms with van der Waals surface area (Å²) in [6.45, 7) is 7.21. The van der Waals surface area contributed by atoms with Crippen molar-refractivity contribution < 1.29 is 4.74 Å². The van der Waals surface area contributed by atoms with Gasteiger partial charge in [-0.2, -0.15) is 0 Å². The fourth-order valence-electron chi connectivity index (χ4n) is 0.602. The third kappa shape index (κ3) is 5.37. The number of hydrogen-bond donors (Lipinski definition) is 0. The summed E-state index contributed by atoms with van der Waals surface area (Å²) in [6.07, 6.45) is 0. The van der Waals surface area contributed by atoms with Gasteiger partial charge < -0.3 is 9.64 Å². The van der Waals surface area contributed by atoms with Gasteiger partial charge >= 0.3 is 0 Å². The van der Waals surface area contributed by atoms with Crippen molar-refractivity contribution >= 4 is 0 Å². The van der Waals surface area contributed by atoms with Gasteiger partial charge in [0.25, 0.3) is 0 Å². The van der Waals surface area contributed by atoms with Crippen LogP contribution in [0.25, 0.3) is 0 Å². The summed E-state index contributed by atoms with van der Waals surface area (Å²) in [6, 6.07) is 0. The molecule has 0 bridgehead atoms. The van der Waals surface area contributed by atoms with Crippen molar-refractivity contribution in [1.29, 1.82) is 0 Å². The molecule has 0 aromatic heterocycles. The monoisotopic (exact) mass is 129 g/mol. The lowest BCUT2D eigenvalue weighted by Crippen LogP contribution is -2.15. The summed E-state index contributed by atoms with van der Waals surface area (Å²) in [5, 5.41) is 0. The van der Waals surface area contributed by atoms with Gasteiger partial charge in [-0.3, -0.25) is 0 Å². The Morgan fingerprint density at radius 1 is 1.56 bits per heavy atom. The van der Waals surface area contributed by atoms with Crippen molar-refractivity contribution in [3.8, 4) is 0 Å². The van der Waals surface area contributed by atoms with E-state index >= 15 is 0 Å². The van der Waals surface area contributed by atoms with Crippen LogP contribution in [0.4, 0.5) is 0 Å². The second-order valence-electron chi connectivity index (χ2n) is 2.21. The van der Waals surface area contributed by atoms with Crippen LogP contribution in [0.3, 0.4) is 0 Å². The minimum absolute atomic E-state index is 0.715. The zero-order valence-electron chi connectivity index (χ0n) is 6.48. The summed E-state index contributed by atoms with van der Waals surface area (Å²) in [7, 11) is 3.98. The first-order valence-electron chi connectivity index (χ1n) is 3.12. The number of rotatable bonds is 4. The molecule has 0 aromatic carbocycles. The lowest BCUT2D eigenvalue weighted by Gasteiger charge is -2.11. The number of likely N-dealkylation sites (N-methyl/N-ethyl adjacent to an activating group) is 1. The van der Waals surface area contributed by atoms with Crippen LogP contribution in [0.2, 0.25) is 0 Å². The molecular weight excluding hydrogens is 114 g/mol. The van der Waals surface area contributed by atoms with E-state index in [-0.39, 0.29) is 0 Å². The smallest absolute Gasteiger partial charge is 0.103 e. The highest BCUT2D eigenvalue weighted by molar-refractivity contribution is 4.84. The van der Waals surface area contributed by atoms with E-state index in [0.29, 0.717) is 6.61 Å². The van der Waals surface area contributed by atoms with E-state index in [2.05, 4.69) is 6.58 Å². The summed E-state index contributed by atoms with van der Waals surface area (Å²) < 4.78 is 5.12. The van der Waals surface area contributed by atoms with Crippen LogP contribution in [0.15, 0.2) is 12.3 Å². The Balaban J connectivity index is 3.27. The van der Waals surface area contributed by atoms with E-state index in [0.717, 1.165) is 12.3 Å². The molecule has 0 aliphatic carbocycles. The van der Waals surface area contributed by atoms with E-state index in [1.165, 1.54) is 0 Å². The molecule has 2 nitrogen and oxygen atoms in total. The summed E-state index contributed by atoms with van der Waals surface area (Å²) in [5.41, 5.74) is 0. The van der Waals surface area contributed by atoms with Crippen LogP contribution in [0.1, 0.15) is 6.92 Å². The molecule has 0 saturated heterocycles. The lowest BCUT2D eigenvalue weighted by molar-refractivity contribution is 0.203. The fraction of sp³-hybridized carbons (Fsp3) is 0.714. The highest BCUT2D eigenvalue weighted by Crippen LogP contribution is 1.92. The van der Waals surface area contributed by atoms with Crippen LogP contribution in [-0.2, 0) is 4.74 Å². The molecule has 0 heterocycles. The fourth-order valence-corrected chi connectivity index (χ4v) is 0.602. The SMILES string of the molecule is C=C(CN(C)C)OCC. The predicted octanol–water partition coefficient (Wildman–Crippen LogP) is 1.10. The molecule has 0 saturated carbocycles. The van der Waals surface area contributed by atoms with Gasteiger partial charge in [0, 0.05) is 0 Å². The molecular formula is C7H15NO. The van der Waals surface area contributed by atoms with Gasteiger partial charge in [0.05, 0.1) is 13.2 Å². The van der Waals surface area contributed by atoms with E-state index in [9.17, 15) is 0 Å². The molecule has 0 unspecified atom stereocenters. The molecule has 0 spiro atoms. The van der Waals surface area contributed by atoms with Crippen LogP contribution < -0.4 is 0 Å². The average Bonchev–Trinajstić information content (AvgIpc) is 1.63. The van der Waals surface area contributed by atoms with E-state index < -0.39 is 0 Å². The molecule has 2 heteroatoms. The van der Waals surface area contributed by atoms with Crippen LogP contribution in [0, 0.1) is 0 Å². The first-order chi connectivity index (χ1) is 4.16. The predicted molar refractivity (Wildman–Crippen MR) is 39.3 cm³/mol. The Hall–Kier alpha value is -0.500. The minimum Gasteiger partial charge on any atom is -0.497 e. The zero-order chi connectivity index (χ0) is 7.28. The van der Waals surface area contributed by atoms with Crippen molar-refractivity contribution in [3.63, 3.8) is 0 Å². The minimum atomic E-state index is 0.715. The van der Waals surface area contributed by atoms with Crippen molar-refractivity contribution in [3.05, 3.63) is 12.3 Å². The Kier molecular flexibility index (Phi) is 4.14. The molecule has 0 N–H and O–H groups in total. The molecule has 0 aliphatic heterocycles. The average molecular weight is 129 g/mol. The van der Waals surface area contributed by atoms with E-state index in [4.69, 9.17) is 4.74 Å². The number of nitrogens with zero attached hydrogens (tertiary/aromatic N) is 1. The maximum atomic E-state index is 5.12. The molecule has 0 fully saturated rings. The van der Waals surface area contributed by atoms with E-state index in [1.54, 1.807) is 0 Å². The summed E-state index contributed by atoms with van der Waals surface area (Å²) in [4.78, 5) is 2.03. The van der Waals surface area contributed by atoms with Gasteiger partial charge in [0.1, 0.15) is 5.76 Å². The van der Waals surface area contributed by atoms with Crippen molar-refractivity contribution in [2.45, 2.75) is 6.92 Å². The first kappa shape index (κ1) is 8.50. The van der Waals surface area contributed by atoms with Crippen molar-refractivity contribution in [2.75, 3.05) is 27.2 Å². The number of ether oxygens (including phenoxy) is 1. The lowest BCUT2D eigenvalue weighted by atomic mass is 10.5. The summed E-state index contributed by atoms with van der Waals surface area (Å²) >= 11 is 0. The van der Waals surface area contributed by atoms with Crippen LogP contribution in [-0.4, -0.2) is 32.1 Å². The van der Waals surface area contributed by atoms with Gasteiger partial charge in [-0.15, -0.1) is 0 Å². The van der Waals surface area contributed by atoms with Crippen molar-refractivity contribution in [1.82, 2.24) is 4.90 Å². The van der Waals surface area contributed by atoms with Gasteiger partial charge in [-0.1, -0.05) is 6.58 Å². The highest BCUT2D eigenvalue weighted by Gasteiger charge is 1.93.